The van der Waals surface area contributed by atoms with Crippen LogP contribution in [0.15, 0.2) is 55.0 Å². The first kappa shape index (κ1) is 15.0. The van der Waals surface area contributed by atoms with Crippen molar-refractivity contribution in [2.45, 2.75) is 6.54 Å². The molecule has 0 atom stereocenters. The van der Waals surface area contributed by atoms with Crippen LogP contribution in [0.3, 0.4) is 0 Å². The van der Waals surface area contributed by atoms with Gasteiger partial charge in [-0.15, -0.1) is 0 Å². The van der Waals surface area contributed by atoms with Crippen LogP contribution in [0.1, 0.15) is 15.9 Å². The number of aromatic nitrogens is 3. The molecule has 0 saturated heterocycles. The van der Waals surface area contributed by atoms with Crippen molar-refractivity contribution < 1.29 is 9.18 Å². The van der Waals surface area contributed by atoms with Gasteiger partial charge in [-0.05, 0) is 18.2 Å². The van der Waals surface area contributed by atoms with Crippen molar-refractivity contribution in [3.05, 3.63) is 71.9 Å². The van der Waals surface area contributed by atoms with Gasteiger partial charge in [0.15, 0.2) is 0 Å². The van der Waals surface area contributed by atoms with E-state index in [1.165, 1.54) is 17.2 Å². The maximum absolute atomic E-state index is 13.8. The number of rotatable bonds is 4. The molecule has 0 spiro atoms. The average molecular weight is 312 g/mol. The Balaban J connectivity index is 1.88. The number of hydrogen-bond acceptors (Lipinski definition) is 2. The molecule has 0 N–H and O–H groups in total. The van der Waals surface area contributed by atoms with Crippen LogP contribution >= 0.6 is 0 Å². The van der Waals surface area contributed by atoms with Crippen LogP contribution < -0.4 is 0 Å². The Morgan fingerprint density at radius 2 is 1.91 bits per heavy atom. The van der Waals surface area contributed by atoms with Crippen LogP contribution in [0.2, 0.25) is 0 Å². The monoisotopic (exact) mass is 312 g/mol. The number of nitrogens with zero attached hydrogens (tertiary/aromatic N) is 4. The smallest absolute Gasteiger partial charge is 0.259 e. The molecule has 3 rings (SSSR count). The van der Waals surface area contributed by atoms with E-state index in [0.717, 1.165) is 0 Å². The third kappa shape index (κ3) is 2.88. The summed E-state index contributed by atoms with van der Waals surface area (Å²) in [5.41, 5.74) is 0.956. The van der Waals surface area contributed by atoms with Gasteiger partial charge in [0.1, 0.15) is 17.2 Å². The van der Waals surface area contributed by atoms with Crippen LogP contribution in [-0.4, -0.2) is 32.2 Å². The highest BCUT2D eigenvalue weighted by Gasteiger charge is 2.21. The highest BCUT2D eigenvalue weighted by atomic mass is 19.1. The normalized spacial score (nSPS) is 10.7. The quantitative estimate of drug-likeness (QED) is 0.743. The van der Waals surface area contributed by atoms with Gasteiger partial charge in [0.25, 0.3) is 5.91 Å². The lowest BCUT2D eigenvalue weighted by atomic mass is 10.2. The minimum absolute atomic E-state index is 0.200. The lowest BCUT2D eigenvalue weighted by Crippen LogP contribution is -2.27. The second-order valence-electron chi connectivity index (χ2n) is 5.35. The predicted molar refractivity (Wildman–Crippen MR) is 84.7 cm³/mol. The summed E-state index contributed by atoms with van der Waals surface area (Å²) in [6.45, 7) is 0.200. The molecule has 3 aromatic rings. The van der Waals surface area contributed by atoms with Crippen LogP contribution in [0.5, 0.6) is 0 Å². The minimum atomic E-state index is -0.316. The summed E-state index contributed by atoms with van der Waals surface area (Å²) in [4.78, 5) is 14.2. The number of aryl methyl sites for hydroxylation is 1. The van der Waals surface area contributed by atoms with E-state index in [1.54, 1.807) is 37.0 Å². The maximum atomic E-state index is 13.8. The summed E-state index contributed by atoms with van der Waals surface area (Å²) in [7, 11) is 3.43. The van der Waals surface area contributed by atoms with Gasteiger partial charge in [-0.2, -0.15) is 5.10 Å². The lowest BCUT2D eigenvalue weighted by Gasteiger charge is -2.18. The number of amides is 1. The van der Waals surface area contributed by atoms with Crippen LogP contribution in [-0.2, 0) is 13.6 Å². The number of carbonyl (C=O) groups excluding carboxylic acids is 1. The Morgan fingerprint density at radius 3 is 2.61 bits per heavy atom. The molecule has 118 valence electrons. The predicted octanol–water partition coefficient (Wildman–Crippen LogP) is 2.62. The molecular formula is C17H17FN4O. The topological polar surface area (TPSA) is 43.1 Å². The fourth-order valence-corrected chi connectivity index (χ4v) is 2.52. The molecule has 5 nitrogen and oxygen atoms in total. The largest absolute Gasteiger partial charge is 0.337 e. The first-order valence-electron chi connectivity index (χ1n) is 7.22. The van der Waals surface area contributed by atoms with E-state index >= 15 is 0 Å². The lowest BCUT2D eigenvalue weighted by molar-refractivity contribution is 0.0784. The Morgan fingerprint density at radius 1 is 1.22 bits per heavy atom. The number of hydrogen-bond donors (Lipinski definition) is 0. The molecule has 0 bridgehead atoms. The fraction of sp³-hybridized carbons (Fsp3) is 0.176. The number of halogens is 1. The molecule has 6 heteroatoms. The van der Waals surface area contributed by atoms with Gasteiger partial charge in [-0.3, -0.25) is 9.48 Å². The highest BCUT2D eigenvalue weighted by Crippen LogP contribution is 2.17. The van der Waals surface area contributed by atoms with E-state index in [2.05, 4.69) is 5.10 Å². The Hall–Kier alpha value is -2.89. The van der Waals surface area contributed by atoms with E-state index in [4.69, 9.17) is 0 Å². The molecule has 0 aliphatic rings. The fourth-order valence-electron chi connectivity index (χ4n) is 2.52. The Labute approximate surface area is 133 Å². The van der Waals surface area contributed by atoms with Gasteiger partial charge in [0, 0.05) is 38.6 Å². The van der Waals surface area contributed by atoms with Gasteiger partial charge in [-0.1, -0.05) is 18.2 Å². The van der Waals surface area contributed by atoms with Crippen molar-refractivity contribution in [3.63, 3.8) is 0 Å². The molecule has 1 aromatic carbocycles. The van der Waals surface area contributed by atoms with Crippen LogP contribution in [0.25, 0.3) is 5.82 Å². The molecule has 2 heterocycles. The van der Waals surface area contributed by atoms with Gasteiger partial charge < -0.3 is 9.47 Å². The van der Waals surface area contributed by atoms with Gasteiger partial charge in [-0.25, -0.2) is 4.39 Å². The van der Waals surface area contributed by atoms with Crippen molar-refractivity contribution in [1.82, 2.24) is 19.2 Å². The van der Waals surface area contributed by atoms with E-state index < -0.39 is 0 Å². The van der Waals surface area contributed by atoms with Crippen LogP contribution in [0.4, 0.5) is 4.39 Å². The molecule has 2 aromatic heterocycles. The Bertz CT molecular complexity index is 823. The molecule has 0 radical (unpaired) electrons. The highest BCUT2D eigenvalue weighted by molar-refractivity contribution is 5.96. The zero-order valence-electron chi connectivity index (χ0n) is 13.0. The van der Waals surface area contributed by atoms with Crippen molar-refractivity contribution >= 4 is 5.91 Å². The summed E-state index contributed by atoms with van der Waals surface area (Å²) >= 11 is 0. The molecule has 0 fully saturated rings. The van der Waals surface area contributed by atoms with Crippen LogP contribution in [0, 0.1) is 5.82 Å². The zero-order valence-corrected chi connectivity index (χ0v) is 13.0. The minimum Gasteiger partial charge on any atom is -0.337 e. The second-order valence-corrected chi connectivity index (χ2v) is 5.35. The summed E-state index contributed by atoms with van der Waals surface area (Å²) in [6, 6.07) is 10.2. The SMILES string of the molecule is CN(Cc1ccccc1F)C(=O)c1cnn(C)c1-n1cccc1. The first-order valence-corrected chi connectivity index (χ1v) is 7.22. The molecule has 0 aliphatic heterocycles. The second kappa shape index (κ2) is 6.08. The van der Waals surface area contributed by atoms with Crippen molar-refractivity contribution in [3.8, 4) is 5.82 Å². The van der Waals surface area contributed by atoms with Crippen molar-refractivity contribution in [2.24, 2.45) is 7.05 Å². The summed E-state index contributed by atoms with van der Waals surface area (Å²) in [5, 5.41) is 4.17. The molecular weight excluding hydrogens is 295 g/mol. The molecule has 0 aliphatic carbocycles. The van der Waals surface area contributed by atoms with Gasteiger partial charge in [0.05, 0.1) is 6.20 Å². The van der Waals surface area contributed by atoms with E-state index in [1.807, 2.05) is 29.1 Å². The van der Waals surface area contributed by atoms with Crippen molar-refractivity contribution in [1.29, 1.82) is 0 Å². The number of carbonyl (C=O) groups is 1. The maximum Gasteiger partial charge on any atom is 0.259 e. The zero-order chi connectivity index (χ0) is 16.4. The summed E-state index contributed by atoms with van der Waals surface area (Å²) in [6.07, 6.45) is 5.24. The van der Waals surface area contributed by atoms with Gasteiger partial charge >= 0.3 is 0 Å². The number of benzene rings is 1. The molecule has 23 heavy (non-hydrogen) atoms. The molecule has 0 unspecified atom stereocenters. The summed E-state index contributed by atoms with van der Waals surface area (Å²) < 4.78 is 17.2. The third-order valence-electron chi connectivity index (χ3n) is 3.70. The standard InChI is InChI=1S/C17H17FN4O/c1-20(12-13-7-3-4-8-15(13)18)17(23)14-11-19-21(2)16(14)22-9-5-6-10-22/h3-11H,12H2,1-2H3. The summed E-state index contributed by atoms with van der Waals surface area (Å²) in [5.74, 6) is 0.161. The average Bonchev–Trinajstić information content (AvgIpc) is 3.17. The first-order chi connectivity index (χ1) is 11.1. The van der Waals surface area contributed by atoms with E-state index in [-0.39, 0.29) is 18.3 Å². The molecule has 1 amide bonds. The van der Waals surface area contributed by atoms with Gasteiger partial charge in [0.2, 0.25) is 0 Å². The Kier molecular flexibility index (Phi) is 3.97. The van der Waals surface area contributed by atoms with E-state index in [9.17, 15) is 9.18 Å². The molecule has 0 saturated carbocycles. The van der Waals surface area contributed by atoms with Crippen molar-refractivity contribution in [2.75, 3.05) is 7.05 Å². The van der Waals surface area contributed by atoms with E-state index in [0.29, 0.717) is 16.9 Å². The third-order valence-corrected chi connectivity index (χ3v) is 3.70.